The van der Waals surface area contributed by atoms with Gasteiger partial charge in [-0.2, -0.15) is 4.98 Å². The first-order valence-electron chi connectivity index (χ1n) is 6.90. The summed E-state index contributed by atoms with van der Waals surface area (Å²) in [6, 6.07) is 0.914. The third-order valence-electron chi connectivity index (χ3n) is 3.70. The molecule has 6 nitrogen and oxygen atoms in total. The molecule has 0 radical (unpaired) electrons. The summed E-state index contributed by atoms with van der Waals surface area (Å²) in [5.41, 5.74) is -0.0624. The van der Waals surface area contributed by atoms with Crippen molar-refractivity contribution in [2.24, 2.45) is 0 Å². The van der Waals surface area contributed by atoms with Crippen LogP contribution in [0.2, 0.25) is 0 Å². The van der Waals surface area contributed by atoms with Crippen LogP contribution in [-0.4, -0.2) is 38.7 Å². The Morgan fingerprint density at radius 2 is 2.04 bits per heavy atom. The molecule has 1 N–H and O–H groups in total. The molecule has 9 heteroatoms. The maximum absolute atomic E-state index is 13.2. The first kappa shape index (κ1) is 15.5. The van der Waals surface area contributed by atoms with Crippen molar-refractivity contribution >= 4 is 5.97 Å². The van der Waals surface area contributed by atoms with Crippen molar-refractivity contribution in [3.05, 3.63) is 35.5 Å². The van der Waals surface area contributed by atoms with Crippen LogP contribution in [0.25, 0.3) is 11.4 Å². The van der Waals surface area contributed by atoms with E-state index in [0.717, 1.165) is 18.6 Å². The van der Waals surface area contributed by atoms with E-state index in [1.54, 1.807) is 4.90 Å². The van der Waals surface area contributed by atoms with Gasteiger partial charge in [0.15, 0.2) is 17.5 Å². The van der Waals surface area contributed by atoms with Crippen LogP contribution >= 0.6 is 0 Å². The van der Waals surface area contributed by atoms with E-state index in [4.69, 9.17) is 9.63 Å². The van der Waals surface area contributed by atoms with Gasteiger partial charge in [0.25, 0.3) is 0 Å². The highest BCUT2D eigenvalue weighted by Gasteiger charge is 2.31. The average molecular weight is 327 g/mol. The normalized spacial score (nSPS) is 18.5. The average Bonchev–Trinajstić information content (AvgIpc) is 3.14. The summed E-state index contributed by atoms with van der Waals surface area (Å²) >= 11 is 0. The van der Waals surface area contributed by atoms with Gasteiger partial charge < -0.3 is 9.63 Å². The Morgan fingerprint density at radius 3 is 2.70 bits per heavy atom. The quantitative estimate of drug-likeness (QED) is 0.867. The van der Waals surface area contributed by atoms with Crippen LogP contribution in [0, 0.1) is 17.5 Å². The van der Waals surface area contributed by atoms with E-state index >= 15 is 0 Å². The molecular formula is C14H12F3N3O3. The van der Waals surface area contributed by atoms with Crippen LogP contribution in [0.5, 0.6) is 0 Å². The minimum atomic E-state index is -1.57. The number of hydrogen-bond donors (Lipinski definition) is 1. The molecule has 0 unspecified atom stereocenters. The van der Waals surface area contributed by atoms with Crippen molar-refractivity contribution in [2.75, 3.05) is 6.54 Å². The number of halogens is 3. The number of carboxylic acid groups (broad SMARTS) is 1. The monoisotopic (exact) mass is 327 g/mol. The number of nitrogens with zero attached hydrogens (tertiary/aromatic N) is 3. The minimum absolute atomic E-state index is 0.0624. The van der Waals surface area contributed by atoms with E-state index in [2.05, 4.69) is 10.1 Å². The van der Waals surface area contributed by atoms with E-state index in [0.29, 0.717) is 13.0 Å². The Bertz CT molecular complexity index is 727. The molecule has 2 heterocycles. The summed E-state index contributed by atoms with van der Waals surface area (Å²) in [6.45, 7) is 0.699. The highest BCUT2D eigenvalue weighted by atomic mass is 19.2. The molecule has 23 heavy (non-hydrogen) atoms. The van der Waals surface area contributed by atoms with Crippen LogP contribution in [0.4, 0.5) is 13.2 Å². The summed E-state index contributed by atoms with van der Waals surface area (Å²) in [5, 5.41) is 12.7. The number of aliphatic carboxylic acids is 1. The summed E-state index contributed by atoms with van der Waals surface area (Å²) in [5.74, 6) is -5.17. The fourth-order valence-electron chi connectivity index (χ4n) is 2.59. The molecular weight excluding hydrogens is 315 g/mol. The highest BCUT2D eigenvalue weighted by Crippen LogP contribution is 2.23. The van der Waals surface area contributed by atoms with E-state index in [1.165, 1.54) is 0 Å². The molecule has 0 spiro atoms. The van der Waals surface area contributed by atoms with Crippen molar-refractivity contribution in [1.82, 2.24) is 15.0 Å². The Labute approximate surface area is 128 Å². The molecule has 1 aliphatic rings. The molecule has 1 saturated heterocycles. The second kappa shape index (κ2) is 5.99. The van der Waals surface area contributed by atoms with Crippen molar-refractivity contribution in [1.29, 1.82) is 0 Å². The van der Waals surface area contributed by atoms with Gasteiger partial charge in [0.05, 0.1) is 6.54 Å². The predicted molar refractivity (Wildman–Crippen MR) is 70.7 cm³/mol. The van der Waals surface area contributed by atoms with E-state index in [-0.39, 0.29) is 23.8 Å². The number of aromatic nitrogens is 2. The van der Waals surface area contributed by atoms with Gasteiger partial charge in [-0.3, -0.25) is 9.69 Å². The molecule has 1 atom stereocenters. The number of rotatable bonds is 4. The van der Waals surface area contributed by atoms with E-state index in [9.17, 15) is 18.0 Å². The predicted octanol–water partition coefficient (Wildman–Crippen LogP) is 2.20. The summed E-state index contributed by atoms with van der Waals surface area (Å²) in [7, 11) is 0. The van der Waals surface area contributed by atoms with Crippen LogP contribution in [0.3, 0.4) is 0 Å². The van der Waals surface area contributed by atoms with Crippen molar-refractivity contribution < 1.29 is 27.6 Å². The maximum atomic E-state index is 13.2. The third kappa shape index (κ3) is 3.04. The maximum Gasteiger partial charge on any atom is 0.320 e. The zero-order valence-corrected chi connectivity index (χ0v) is 11.8. The number of benzene rings is 1. The van der Waals surface area contributed by atoms with Gasteiger partial charge in [0.1, 0.15) is 6.04 Å². The summed E-state index contributed by atoms with van der Waals surface area (Å²) in [4.78, 5) is 16.8. The van der Waals surface area contributed by atoms with Gasteiger partial charge >= 0.3 is 5.97 Å². The SMILES string of the molecule is O=C(O)[C@H]1CCCN1Cc1nc(-c2cc(F)c(F)c(F)c2)no1. The molecule has 0 aliphatic carbocycles. The zero-order chi connectivity index (χ0) is 16.6. The molecule has 1 fully saturated rings. The minimum Gasteiger partial charge on any atom is -0.480 e. The summed E-state index contributed by atoms with van der Waals surface area (Å²) < 4.78 is 44.4. The lowest BCUT2D eigenvalue weighted by molar-refractivity contribution is -0.142. The lowest BCUT2D eigenvalue weighted by Crippen LogP contribution is -2.35. The van der Waals surface area contributed by atoms with Gasteiger partial charge in [0, 0.05) is 5.56 Å². The Hall–Kier alpha value is -2.42. The Balaban J connectivity index is 1.80. The zero-order valence-electron chi connectivity index (χ0n) is 11.8. The van der Waals surface area contributed by atoms with Gasteiger partial charge in [-0.05, 0) is 31.5 Å². The first-order valence-corrected chi connectivity index (χ1v) is 6.90. The van der Waals surface area contributed by atoms with Crippen molar-refractivity contribution in [3.63, 3.8) is 0 Å². The van der Waals surface area contributed by atoms with Crippen LogP contribution in [0.1, 0.15) is 18.7 Å². The summed E-state index contributed by atoms with van der Waals surface area (Å²) in [6.07, 6.45) is 1.27. The van der Waals surface area contributed by atoms with E-state index in [1.807, 2.05) is 0 Å². The standard InChI is InChI=1S/C14H12F3N3O3/c15-8-4-7(5-9(16)12(8)17)13-18-11(23-19-13)6-20-3-1-2-10(20)14(21)22/h4-5,10H,1-3,6H2,(H,21,22)/t10-/m1/s1. The Morgan fingerprint density at radius 1 is 1.35 bits per heavy atom. The van der Waals surface area contributed by atoms with Gasteiger partial charge in [-0.15, -0.1) is 0 Å². The molecule has 1 aliphatic heterocycles. The molecule has 3 rings (SSSR count). The highest BCUT2D eigenvalue weighted by molar-refractivity contribution is 5.73. The van der Waals surface area contributed by atoms with Crippen LogP contribution in [0.15, 0.2) is 16.7 Å². The first-order chi connectivity index (χ1) is 11.0. The van der Waals surface area contributed by atoms with E-state index < -0.39 is 29.5 Å². The molecule has 1 aromatic carbocycles. The number of carboxylic acids is 1. The lowest BCUT2D eigenvalue weighted by Gasteiger charge is -2.18. The molecule has 1 aromatic heterocycles. The van der Waals surface area contributed by atoms with Gasteiger partial charge in [0.2, 0.25) is 11.7 Å². The van der Waals surface area contributed by atoms with Crippen molar-refractivity contribution in [3.8, 4) is 11.4 Å². The molecule has 0 bridgehead atoms. The number of hydrogen-bond acceptors (Lipinski definition) is 5. The number of carbonyl (C=O) groups is 1. The molecule has 0 saturated carbocycles. The fraction of sp³-hybridized carbons (Fsp3) is 0.357. The van der Waals surface area contributed by atoms with Crippen LogP contribution < -0.4 is 0 Å². The second-order valence-electron chi connectivity index (χ2n) is 5.23. The van der Waals surface area contributed by atoms with Gasteiger partial charge in [-0.1, -0.05) is 5.16 Å². The largest absolute Gasteiger partial charge is 0.480 e. The van der Waals surface area contributed by atoms with Crippen molar-refractivity contribution in [2.45, 2.75) is 25.4 Å². The number of likely N-dealkylation sites (tertiary alicyclic amines) is 1. The van der Waals surface area contributed by atoms with Gasteiger partial charge in [-0.25, -0.2) is 13.2 Å². The third-order valence-corrected chi connectivity index (χ3v) is 3.70. The smallest absolute Gasteiger partial charge is 0.320 e. The lowest BCUT2D eigenvalue weighted by atomic mass is 10.2. The Kier molecular flexibility index (Phi) is 4.03. The molecule has 2 aromatic rings. The van der Waals surface area contributed by atoms with Crippen LogP contribution in [-0.2, 0) is 11.3 Å². The second-order valence-corrected chi connectivity index (χ2v) is 5.23. The fourth-order valence-corrected chi connectivity index (χ4v) is 2.59. The topological polar surface area (TPSA) is 79.5 Å². The molecule has 122 valence electrons. The molecule has 0 amide bonds.